The quantitative estimate of drug-likeness (QED) is 0.779. The minimum absolute atomic E-state index is 0.109. The molecule has 0 unspecified atom stereocenters. The van der Waals surface area contributed by atoms with Crippen LogP contribution in [0.3, 0.4) is 0 Å². The first-order valence-corrected chi connectivity index (χ1v) is 8.22. The Morgan fingerprint density at radius 2 is 1.86 bits per heavy atom. The fourth-order valence-corrected chi connectivity index (χ4v) is 2.55. The molecular formula is C15H14BrN3O2S. The monoisotopic (exact) mass is 379 g/mol. The van der Waals surface area contributed by atoms with Gasteiger partial charge >= 0.3 is 0 Å². The number of pyridine rings is 1. The molecule has 0 radical (unpaired) electrons. The molecule has 1 aromatic heterocycles. The van der Waals surface area contributed by atoms with Gasteiger partial charge in [0, 0.05) is 28.2 Å². The molecule has 5 nitrogen and oxygen atoms in total. The van der Waals surface area contributed by atoms with Crippen molar-refractivity contribution in [2.75, 3.05) is 16.4 Å². The highest BCUT2D eigenvalue weighted by atomic mass is 79.9. The summed E-state index contributed by atoms with van der Waals surface area (Å²) in [5, 5.41) is 5.42. The van der Waals surface area contributed by atoms with E-state index in [0.717, 1.165) is 15.1 Å². The second kappa shape index (κ2) is 7.95. The molecule has 0 atom stereocenters. The number of hydrogen-bond acceptors (Lipinski definition) is 4. The summed E-state index contributed by atoms with van der Waals surface area (Å²) in [6.45, 7) is 1.46. The minimum atomic E-state index is -0.120. The van der Waals surface area contributed by atoms with Crippen LogP contribution in [0.1, 0.15) is 6.92 Å². The van der Waals surface area contributed by atoms with Crippen molar-refractivity contribution < 1.29 is 9.59 Å². The molecule has 114 valence electrons. The van der Waals surface area contributed by atoms with Gasteiger partial charge in [0.2, 0.25) is 11.8 Å². The van der Waals surface area contributed by atoms with Gasteiger partial charge in [-0.2, -0.15) is 0 Å². The number of anilines is 2. The van der Waals surface area contributed by atoms with Crippen LogP contribution < -0.4 is 10.6 Å². The van der Waals surface area contributed by atoms with Crippen molar-refractivity contribution in [3.63, 3.8) is 0 Å². The van der Waals surface area contributed by atoms with Crippen molar-refractivity contribution in [1.29, 1.82) is 0 Å². The number of halogens is 1. The topological polar surface area (TPSA) is 71.1 Å². The third kappa shape index (κ3) is 5.50. The lowest BCUT2D eigenvalue weighted by Crippen LogP contribution is -2.14. The zero-order chi connectivity index (χ0) is 15.9. The van der Waals surface area contributed by atoms with E-state index in [4.69, 9.17) is 0 Å². The summed E-state index contributed by atoms with van der Waals surface area (Å²) < 4.78 is 0.860. The number of rotatable bonds is 5. The normalized spacial score (nSPS) is 10.1. The fraction of sp³-hybridized carbons (Fsp3) is 0.133. The summed E-state index contributed by atoms with van der Waals surface area (Å²) in [5.41, 5.74) is 0.736. The molecule has 2 rings (SSSR count). The van der Waals surface area contributed by atoms with E-state index in [1.54, 1.807) is 24.4 Å². The predicted octanol–water partition coefficient (Wildman–Crippen LogP) is 3.53. The van der Waals surface area contributed by atoms with Gasteiger partial charge in [0.1, 0.15) is 5.82 Å². The molecule has 0 fully saturated rings. The van der Waals surface area contributed by atoms with Gasteiger partial charge in [-0.3, -0.25) is 9.59 Å². The van der Waals surface area contributed by atoms with E-state index in [1.807, 2.05) is 18.2 Å². The first-order valence-electron chi connectivity index (χ1n) is 6.45. The van der Waals surface area contributed by atoms with Gasteiger partial charge in [0.15, 0.2) is 0 Å². The van der Waals surface area contributed by atoms with Crippen LogP contribution in [-0.4, -0.2) is 22.6 Å². The van der Waals surface area contributed by atoms with Gasteiger partial charge in [-0.1, -0.05) is 0 Å². The smallest absolute Gasteiger partial charge is 0.235 e. The highest BCUT2D eigenvalue weighted by Crippen LogP contribution is 2.20. The molecule has 0 aliphatic carbocycles. The molecule has 0 bridgehead atoms. The summed E-state index contributed by atoms with van der Waals surface area (Å²) in [6, 6.07) is 10.9. The molecule has 0 saturated heterocycles. The average molecular weight is 380 g/mol. The number of hydrogen-bond donors (Lipinski definition) is 2. The number of benzene rings is 1. The van der Waals surface area contributed by atoms with E-state index in [9.17, 15) is 9.59 Å². The maximum Gasteiger partial charge on any atom is 0.235 e. The first kappa shape index (κ1) is 16.5. The Balaban J connectivity index is 1.83. The standard InChI is InChI=1S/C15H14BrN3O2S/c1-10(20)18-12-3-5-13(6-4-12)22-9-15(21)19-14-7-2-11(16)8-17-14/h2-8H,9H2,1H3,(H,18,20)(H,17,19,21). The van der Waals surface area contributed by atoms with Gasteiger partial charge in [-0.05, 0) is 52.3 Å². The number of aromatic nitrogens is 1. The molecule has 1 heterocycles. The number of carbonyl (C=O) groups is 2. The van der Waals surface area contributed by atoms with Crippen molar-refractivity contribution in [3.05, 3.63) is 47.1 Å². The lowest BCUT2D eigenvalue weighted by Gasteiger charge is -2.06. The Morgan fingerprint density at radius 3 is 2.45 bits per heavy atom. The van der Waals surface area contributed by atoms with E-state index in [-0.39, 0.29) is 17.6 Å². The Hall–Kier alpha value is -1.86. The lowest BCUT2D eigenvalue weighted by atomic mass is 10.3. The fourth-order valence-electron chi connectivity index (χ4n) is 1.62. The summed E-state index contributed by atoms with van der Waals surface area (Å²) >= 11 is 4.70. The molecular weight excluding hydrogens is 366 g/mol. The molecule has 0 saturated carbocycles. The highest BCUT2D eigenvalue weighted by Gasteiger charge is 2.05. The number of nitrogens with one attached hydrogen (secondary N) is 2. The Bertz CT molecular complexity index is 659. The van der Waals surface area contributed by atoms with Crippen LogP contribution in [0.25, 0.3) is 0 Å². The second-order valence-electron chi connectivity index (χ2n) is 4.40. The highest BCUT2D eigenvalue weighted by molar-refractivity contribution is 9.10. The summed E-state index contributed by atoms with van der Waals surface area (Å²) in [7, 11) is 0. The third-order valence-electron chi connectivity index (χ3n) is 2.54. The second-order valence-corrected chi connectivity index (χ2v) is 6.37. The molecule has 7 heteroatoms. The number of nitrogens with zero attached hydrogens (tertiary/aromatic N) is 1. The Morgan fingerprint density at radius 1 is 1.14 bits per heavy atom. The molecule has 0 aliphatic heterocycles. The van der Waals surface area contributed by atoms with Crippen molar-refractivity contribution in [2.24, 2.45) is 0 Å². The molecule has 0 aliphatic rings. The number of carbonyl (C=O) groups excluding carboxylic acids is 2. The largest absolute Gasteiger partial charge is 0.326 e. The van der Waals surface area contributed by atoms with Crippen LogP contribution in [0.4, 0.5) is 11.5 Å². The van der Waals surface area contributed by atoms with Crippen LogP contribution in [0.5, 0.6) is 0 Å². The van der Waals surface area contributed by atoms with Crippen LogP contribution >= 0.6 is 27.7 Å². The maximum atomic E-state index is 11.8. The van der Waals surface area contributed by atoms with Gasteiger partial charge in [0.05, 0.1) is 5.75 Å². The lowest BCUT2D eigenvalue weighted by molar-refractivity contribution is -0.114. The first-order chi connectivity index (χ1) is 10.5. The van der Waals surface area contributed by atoms with Crippen LogP contribution in [0.2, 0.25) is 0 Å². The zero-order valence-electron chi connectivity index (χ0n) is 11.8. The van der Waals surface area contributed by atoms with Crippen LogP contribution in [0.15, 0.2) is 52.0 Å². The predicted molar refractivity (Wildman–Crippen MR) is 92.0 cm³/mol. The molecule has 22 heavy (non-hydrogen) atoms. The van der Waals surface area contributed by atoms with Gasteiger partial charge in [-0.25, -0.2) is 4.98 Å². The van der Waals surface area contributed by atoms with Crippen LogP contribution in [-0.2, 0) is 9.59 Å². The van der Waals surface area contributed by atoms with E-state index < -0.39 is 0 Å². The van der Waals surface area contributed by atoms with Gasteiger partial charge in [-0.15, -0.1) is 11.8 Å². The molecule has 1 aromatic carbocycles. The zero-order valence-corrected chi connectivity index (χ0v) is 14.2. The molecule has 2 aromatic rings. The van der Waals surface area contributed by atoms with Crippen LogP contribution in [0, 0.1) is 0 Å². The Labute approximate surface area is 141 Å². The van der Waals surface area contributed by atoms with Crippen molar-refractivity contribution in [2.45, 2.75) is 11.8 Å². The third-order valence-corrected chi connectivity index (χ3v) is 4.02. The summed E-state index contributed by atoms with van der Waals surface area (Å²) in [6.07, 6.45) is 1.63. The minimum Gasteiger partial charge on any atom is -0.326 e. The van der Waals surface area contributed by atoms with E-state index in [1.165, 1.54) is 18.7 Å². The molecule has 0 spiro atoms. The molecule has 2 amide bonds. The van der Waals surface area contributed by atoms with Crippen molar-refractivity contribution in [3.8, 4) is 0 Å². The van der Waals surface area contributed by atoms with Gasteiger partial charge < -0.3 is 10.6 Å². The van der Waals surface area contributed by atoms with E-state index >= 15 is 0 Å². The van der Waals surface area contributed by atoms with Crippen molar-refractivity contribution in [1.82, 2.24) is 4.98 Å². The summed E-state index contributed by atoms with van der Waals surface area (Å²) in [5.74, 6) is 0.583. The SMILES string of the molecule is CC(=O)Nc1ccc(SCC(=O)Nc2ccc(Br)cn2)cc1. The van der Waals surface area contributed by atoms with E-state index in [2.05, 4.69) is 31.5 Å². The summed E-state index contributed by atoms with van der Waals surface area (Å²) in [4.78, 5) is 27.8. The van der Waals surface area contributed by atoms with Gasteiger partial charge in [0.25, 0.3) is 0 Å². The maximum absolute atomic E-state index is 11.8. The van der Waals surface area contributed by atoms with Crippen molar-refractivity contribution >= 4 is 51.0 Å². The average Bonchev–Trinajstić information content (AvgIpc) is 2.48. The molecule has 2 N–H and O–H groups in total. The number of amides is 2. The van der Waals surface area contributed by atoms with E-state index in [0.29, 0.717) is 5.82 Å². The Kier molecular flexibility index (Phi) is 5.97. The number of thioether (sulfide) groups is 1.